The largest absolute Gasteiger partial charge is 0.395 e. The van der Waals surface area contributed by atoms with Gasteiger partial charge in [0.2, 0.25) is 0 Å². The highest BCUT2D eigenvalue weighted by Crippen LogP contribution is 2.19. The molecule has 2 N–H and O–H groups in total. The van der Waals surface area contributed by atoms with Gasteiger partial charge < -0.3 is 10.1 Å². The first kappa shape index (κ1) is 12.1. The fraction of sp³-hybridized carbons (Fsp3) is 0.143. The van der Waals surface area contributed by atoms with E-state index in [9.17, 15) is 4.79 Å². The van der Waals surface area contributed by atoms with Crippen LogP contribution in [0.5, 0.6) is 0 Å². The Morgan fingerprint density at radius 2 is 1.89 bits per heavy atom. The van der Waals surface area contributed by atoms with Crippen molar-refractivity contribution >= 4 is 33.9 Å². The Balaban J connectivity index is 2.45. The molecule has 0 saturated carbocycles. The molecule has 19 heavy (non-hydrogen) atoms. The lowest BCUT2D eigenvalue weighted by Gasteiger charge is -2.07. The minimum absolute atomic E-state index is 0.115. The highest BCUT2D eigenvalue weighted by Gasteiger charge is 2.06. The van der Waals surface area contributed by atoms with Crippen molar-refractivity contribution in [1.29, 1.82) is 0 Å². The average molecular weight is 272 g/mol. The molecule has 3 aromatic rings. The third-order valence-electron chi connectivity index (χ3n) is 3.17. The quantitative estimate of drug-likeness (QED) is 0.555. The van der Waals surface area contributed by atoms with E-state index in [1.807, 2.05) is 36.4 Å². The normalized spacial score (nSPS) is 11.2. The van der Waals surface area contributed by atoms with Crippen LogP contribution in [0, 0.1) is 4.77 Å². The molecule has 0 spiro atoms. The third kappa shape index (κ3) is 1.97. The van der Waals surface area contributed by atoms with E-state index in [1.165, 1.54) is 4.57 Å². The Hall–Kier alpha value is -1.98. The minimum Gasteiger partial charge on any atom is -0.395 e. The second kappa shape index (κ2) is 4.60. The van der Waals surface area contributed by atoms with Crippen LogP contribution >= 0.6 is 12.2 Å². The summed E-state index contributed by atoms with van der Waals surface area (Å²) in [5, 5.41) is 11.6. The molecule has 3 rings (SSSR count). The van der Waals surface area contributed by atoms with Crippen molar-refractivity contribution < 1.29 is 5.11 Å². The van der Waals surface area contributed by atoms with Gasteiger partial charge in [-0.2, -0.15) is 0 Å². The molecule has 0 saturated heterocycles. The summed E-state index contributed by atoms with van der Waals surface area (Å²) < 4.78 is 1.72. The van der Waals surface area contributed by atoms with Crippen molar-refractivity contribution in [1.82, 2.24) is 9.55 Å². The first-order chi connectivity index (χ1) is 9.20. The van der Waals surface area contributed by atoms with Gasteiger partial charge in [0.05, 0.1) is 24.1 Å². The van der Waals surface area contributed by atoms with Gasteiger partial charge in [0, 0.05) is 0 Å². The van der Waals surface area contributed by atoms with Gasteiger partial charge in [-0.3, -0.25) is 9.36 Å². The molecule has 0 aliphatic rings. The van der Waals surface area contributed by atoms with E-state index in [0.717, 1.165) is 16.3 Å². The van der Waals surface area contributed by atoms with Crippen LogP contribution in [0.3, 0.4) is 0 Å². The number of aliphatic hydroxyl groups is 1. The van der Waals surface area contributed by atoms with Gasteiger partial charge in [-0.1, -0.05) is 24.3 Å². The Morgan fingerprint density at radius 1 is 1.21 bits per heavy atom. The highest BCUT2D eigenvalue weighted by atomic mass is 32.1. The zero-order valence-electron chi connectivity index (χ0n) is 10.1. The number of aliphatic hydroxyl groups excluding tert-OH is 1. The van der Waals surface area contributed by atoms with Crippen LogP contribution < -0.4 is 5.56 Å². The van der Waals surface area contributed by atoms with Crippen LogP contribution in [0.2, 0.25) is 0 Å². The summed E-state index contributed by atoms with van der Waals surface area (Å²) >= 11 is 5.15. The molecule has 0 aliphatic carbocycles. The molecule has 1 heterocycles. The molecular weight excluding hydrogens is 260 g/mol. The number of fused-ring (bicyclic) bond motifs is 2. The van der Waals surface area contributed by atoms with Crippen molar-refractivity contribution in [2.24, 2.45) is 0 Å². The first-order valence-electron chi connectivity index (χ1n) is 5.97. The average Bonchev–Trinajstić information content (AvgIpc) is 2.42. The van der Waals surface area contributed by atoms with Crippen LogP contribution in [0.1, 0.15) is 0 Å². The van der Waals surface area contributed by atoms with Crippen molar-refractivity contribution in [2.75, 3.05) is 6.61 Å². The summed E-state index contributed by atoms with van der Waals surface area (Å²) in [4.78, 5) is 15.4. The third-order valence-corrected chi connectivity index (χ3v) is 3.49. The van der Waals surface area contributed by atoms with Gasteiger partial charge in [0.1, 0.15) is 0 Å². The summed E-state index contributed by atoms with van der Waals surface area (Å²) in [7, 11) is 0. The lowest BCUT2D eigenvalue weighted by molar-refractivity contribution is 0.273. The van der Waals surface area contributed by atoms with Gasteiger partial charge in [0.25, 0.3) is 5.56 Å². The summed E-state index contributed by atoms with van der Waals surface area (Å²) in [5.41, 5.74) is 0.557. The number of hydrogen-bond acceptors (Lipinski definition) is 3. The molecule has 0 aliphatic heterocycles. The maximum atomic E-state index is 12.3. The topological polar surface area (TPSA) is 58.0 Å². The molecule has 4 nitrogen and oxygen atoms in total. The smallest absolute Gasteiger partial charge is 0.262 e. The number of H-pyrrole nitrogens is 1. The van der Waals surface area contributed by atoms with Crippen LogP contribution in [0.25, 0.3) is 21.7 Å². The molecule has 0 amide bonds. The SMILES string of the molecule is O=c1c2cc3ccccc3cc2[nH]c(=S)n1CCO. The van der Waals surface area contributed by atoms with E-state index in [2.05, 4.69) is 4.98 Å². The van der Waals surface area contributed by atoms with Crippen LogP contribution in [-0.4, -0.2) is 21.3 Å². The van der Waals surface area contributed by atoms with Crippen LogP contribution in [-0.2, 0) is 6.54 Å². The summed E-state index contributed by atoms with van der Waals surface area (Å²) in [5.74, 6) is 0. The zero-order chi connectivity index (χ0) is 13.4. The van der Waals surface area contributed by atoms with Gasteiger partial charge in [-0.15, -0.1) is 0 Å². The fourth-order valence-electron chi connectivity index (χ4n) is 2.24. The number of nitrogens with one attached hydrogen (secondary N) is 1. The minimum atomic E-state index is -0.168. The Kier molecular flexibility index (Phi) is 2.93. The summed E-state index contributed by atoms with van der Waals surface area (Å²) in [6.45, 7) is 0.0907. The highest BCUT2D eigenvalue weighted by molar-refractivity contribution is 7.71. The van der Waals surface area contributed by atoms with Gasteiger partial charge >= 0.3 is 0 Å². The summed E-state index contributed by atoms with van der Waals surface area (Å²) in [6, 6.07) is 11.6. The van der Waals surface area contributed by atoms with E-state index in [-0.39, 0.29) is 18.7 Å². The van der Waals surface area contributed by atoms with E-state index in [1.54, 1.807) is 0 Å². The van der Waals surface area contributed by atoms with Crippen LogP contribution in [0.15, 0.2) is 41.2 Å². The number of aromatic amines is 1. The molecule has 0 atom stereocenters. The maximum absolute atomic E-state index is 12.3. The molecular formula is C14H12N2O2S. The summed E-state index contributed by atoms with van der Waals surface area (Å²) in [6.07, 6.45) is 0. The molecule has 0 radical (unpaired) electrons. The molecule has 0 unspecified atom stereocenters. The predicted octanol–water partition coefficient (Wildman–Crippen LogP) is 2.20. The monoisotopic (exact) mass is 272 g/mol. The van der Waals surface area contributed by atoms with E-state index in [0.29, 0.717) is 10.2 Å². The first-order valence-corrected chi connectivity index (χ1v) is 6.38. The van der Waals surface area contributed by atoms with Crippen molar-refractivity contribution in [2.45, 2.75) is 6.54 Å². The Morgan fingerprint density at radius 3 is 2.58 bits per heavy atom. The standard InChI is InChI=1S/C14H12N2O2S/c17-6-5-16-13(18)11-7-9-3-1-2-4-10(9)8-12(11)15-14(16)19/h1-4,7-8,17H,5-6H2,(H,15,19). The Bertz CT molecular complexity index is 880. The van der Waals surface area contributed by atoms with Gasteiger partial charge in [-0.25, -0.2) is 0 Å². The molecule has 2 aromatic carbocycles. The van der Waals surface area contributed by atoms with Gasteiger partial charge in [0.15, 0.2) is 4.77 Å². The Labute approximate surface area is 113 Å². The molecule has 1 aromatic heterocycles. The molecule has 0 fully saturated rings. The second-order valence-electron chi connectivity index (χ2n) is 4.36. The molecule has 5 heteroatoms. The predicted molar refractivity (Wildman–Crippen MR) is 78.0 cm³/mol. The van der Waals surface area contributed by atoms with Crippen molar-refractivity contribution in [3.05, 3.63) is 51.5 Å². The van der Waals surface area contributed by atoms with Crippen molar-refractivity contribution in [3.8, 4) is 0 Å². The molecule has 0 bridgehead atoms. The lowest BCUT2D eigenvalue weighted by Crippen LogP contribution is -2.23. The molecule has 96 valence electrons. The maximum Gasteiger partial charge on any atom is 0.262 e. The number of aromatic nitrogens is 2. The van der Waals surface area contributed by atoms with Crippen molar-refractivity contribution in [3.63, 3.8) is 0 Å². The van der Waals surface area contributed by atoms with E-state index in [4.69, 9.17) is 17.3 Å². The van der Waals surface area contributed by atoms with E-state index >= 15 is 0 Å². The fourth-order valence-corrected chi connectivity index (χ4v) is 2.53. The van der Waals surface area contributed by atoms with Gasteiger partial charge in [-0.05, 0) is 35.1 Å². The number of rotatable bonds is 2. The number of benzene rings is 2. The number of hydrogen-bond donors (Lipinski definition) is 2. The zero-order valence-corrected chi connectivity index (χ0v) is 10.9. The van der Waals surface area contributed by atoms with E-state index < -0.39 is 0 Å². The van der Waals surface area contributed by atoms with Crippen LogP contribution in [0.4, 0.5) is 0 Å². The lowest BCUT2D eigenvalue weighted by atomic mass is 10.1. The number of nitrogens with zero attached hydrogens (tertiary/aromatic N) is 1. The second-order valence-corrected chi connectivity index (χ2v) is 4.74.